The molecule has 0 spiro atoms. The highest BCUT2D eigenvalue weighted by molar-refractivity contribution is 5.66. The Morgan fingerprint density at radius 3 is 3.17 bits per heavy atom. The maximum Gasteiger partial charge on any atom is 0.407 e. The van der Waals surface area contributed by atoms with E-state index in [1.165, 1.54) is 5.57 Å². The van der Waals surface area contributed by atoms with Crippen LogP contribution in [-0.4, -0.2) is 19.7 Å². The van der Waals surface area contributed by atoms with Gasteiger partial charge in [-0.2, -0.15) is 0 Å². The molecule has 1 rings (SSSR count). The van der Waals surface area contributed by atoms with Crippen LogP contribution < -0.4 is 5.32 Å². The van der Waals surface area contributed by atoms with Crippen molar-refractivity contribution in [2.45, 2.75) is 12.8 Å². The van der Waals surface area contributed by atoms with Crippen LogP contribution in [0.15, 0.2) is 23.8 Å². The minimum Gasteiger partial charge on any atom is -0.445 e. The number of hydrogen-bond donors (Lipinski definition) is 1. The first kappa shape index (κ1) is 8.84. The van der Waals surface area contributed by atoms with Crippen molar-refractivity contribution in [1.29, 1.82) is 0 Å². The summed E-state index contributed by atoms with van der Waals surface area (Å²) in [7, 11) is 1.55. The predicted molar refractivity (Wildman–Crippen MR) is 46.9 cm³/mol. The first-order chi connectivity index (χ1) is 5.83. The van der Waals surface area contributed by atoms with Crippen LogP contribution in [0.5, 0.6) is 0 Å². The van der Waals surface area contributed by atoms with Crippen LogP contribution in [0.25, 0.3) is 0 Å². The summed E-state index contributed by atoms with van der Waals surface area (Å²) in [6, 6.07) is 0. The summed E-state index contributed by atoms with van der Waals surface area (Å²) < 4.78 is 4.88. The molecule has 66 valence electrons. The van der Waals surface area contributed by atoms with Gasteiger partial charge in [-0.05, 0) is 18.4 Å². The van der Waals surface area contributed by atoms with Gasteiger partial charge in [0.1, 0.15) is 6.61 Å². The van der Waals surface area contributed by atoms with Crippen molar-refractivity contribution >= 4 is 6.09 Å². The summed E-state index contributed by atoms with van der Waals surface area (Å²) in [6.07, 6.45) is 7.75. The number of amides is 1. The second-order valence-corrected chi connectivity index (χ2v) is 2.62. The Kier molecular flexibility index (Phi) is 3.38. The van der Waals surface area contributed by atoms with Gasteiger partial charge in [-0.3, -0.25) is 0 Å². The highest BCUT2D eigenvalue weighted by Crippen LogP contribution is 2.11. The van der Waals surface area contributed by atoms with E-state index in [2.05, 4.69) is 11.4 Å². The number of carbonyl (C=O) groups is 1. The summed E-state index contributed by atoms with van der Waals surface area (Å²) >= 11 is 0. The smallest absolute Gasteiger partial charge is 0.407 e. The number of allylic oxidation sites excluding steroid dienone is 3. The van der Waals surface area contributed by atoms with Gasteiger partial charge in [-0.15, -0.1) is 0 Å². The zero-order valence-electron chi connectivity index (χ0n) is 7.17. The molecule has 0 aliphatic heterocycles. The molecule has 3 nitrogen and oxygen atoms in total. The monoisotopic (exact) mass is 167 g/mol. The van der Waals surface area contributed by atoms with Gasteiger partial charge in [0.2, 0.25) is 0 Å². The van der Waals surface area contributed by atoms with Crippen molar-refractivity contribution in [3.63, 3.8) is 0 Å². The summed E-state index contributed by atoms with van der Waals surface area (Å²) in [6.45, 7) is 0.407. The fraction of sp³-hybridized carbons (Fsp3) is 0.444. The van der Waals surface area contributed by atoms with E-state index in [1.807, 2.05) is 12.2 Å². The van der Waals surface area contributed by atoms with Gasteiger partial charge in [-0.25, -0.2) is 4.79 Å². The van der Waals surface area contributed by atoms with E-state index in [0.29, 0.717) is 6.61 Å². The van der Waals surface area contributed by atoms with Gasteiger partial charge in [0.05, 0.1) is 0 Å². The maximum atomic E-state index is 10.7. The topological polar surface area (TPSA) is 38.3 Å². The fourth-order valence-corrected chi connectivity index (χ4v) is 1.00. The van der Waals surface area contributed by atoms with Gasteiger partial charge < -0.3 is 10.1 Å². The molecule has 0 heterocycles. The Morgan fingerprint density at radius 1 is 1.75 bits per heavy atom. The molecule has 0 unspecified atom stereocenters. The number of ether oxygens (including phenoxy) is 1. The molecule has 0 fully saturated rings. The van der Waals surface area contributed by atoms with E-state index in [4.69, 9.17) is 4.74 Å². The Balaban J connectivity index is 2.27. The lowest BCUT2D eigenvalue weighted by Gasteiger charge is -2.08. The molecule has 12 heavy (non-hydrogen) atoms. The van der Waals surface area contributed by atoms with Gasteiger partial charge in [0, 0.05) is 7.05 Å². The van der Waals surface area contributed by atoms with E-state index in [9.17, 15) is 4.79 Å². The molecule has 0 aromatic heterocycles. The van der Waals surface area contributed by atoms with Gasteiger partial charge >= 0.3 is 6.09 Å². The molecular formula is C9H13NO2. The van der Waals surface area contributed by atoms with Crippen molar-refractivity contribution in [2.24, 2.45) is 0 Å². The van der Waals surface area contributed by atoms with Crippen molar-refractivity contribution in [1.82, 2.24) is 5.32 Å². The van der Waals surface area contributed by atoms with E-state index in [-0.39, 0.29) is 6.09 Å². The predicted octanol–water partition coefficient (Wildman–Crippen LogP) is 1.62. The largest absolute Gasteiger partial charge is 0.445 e. The van der Waals surface area contributed by atoms with Crippen molar-refractivity contribution in [2.75, 3.05) is 13.7 Å². The van der Waals surface area contributed by atoms with E-state index < -0.39 is 0 Å². The second-order valence-electron chi connectivity index (χ2n) is 2.62. The standard InChI is InChI=1S/C9H13NO2/c1-10-9(11)12-7-8-5-3-2-4-6-8/h2-3,5H,4,6-7H2,1H3,(H,10,11). The zero-order chi connectivity index (χ0) is 8.81. The van der Waals surface area contributed by atoms with Crippen molar-refractivity contribution < 1.29 is 9.53 Å². The number of nitrogens with one attached hydrogen (secondary N) is 1. The van der Waals surface area contributed by atoms with E-state index in [1.54, 1.807) is 7.05 Å². The van der Waals surface area contributed by atoms with Crippen LogP contribution >= 0.6 is 0 Å². The minimum absolute atomic E-state index is 0.370. The molecule has 1 aliphatic carbocycles. The van der Waals surface area contributed by atoms with Crippen LogP contribution in [0.2, 0.25) is 0 Å². The van der Waals surface area contributed by atoms with Crippen molar-refractivity contribution in [3.8, 4) is 0 Å². The van der Waals surface area contributed by atoms with Crippen LogP contribution in [0.3, 0.4) is 0 Å². The zero-order valence-corrected chi connectivity index (χ0v) is 7.17. The molecule has 0 saturated heterocycles. The molecule has 0 aromatic carbocycles. The Bertz CT molecular complexity index is 219. The first-order valence-electron chi connectivity index (χ1n) is 4.02. The van der Waals surface area contributed by atoms with Crippen LogP contribution in [0.1, 0.15) is 12.8 Å². The van der Waals surface area contributed by atoms with Gasteiger partial charge in [0.15, 0.2) is 0 Å². The van der Waals surface area contributed by atoms with E-state index in [0.717, 1.165) is 12.8 Å². The average Bonchev–Trinajstić information content (AvgIpc) is 2.16. The lowest BCUT2D eigenvalue weighted by atomic mass is 10.1. The third-order valence-corrected chi connectivity index (χ3v) is 1.69. The van der Waals surface area contributed by atoms with Gasteiger partial charge in [0.25, 0.3) is 0 Å². The lowest BCUT2D eigenvalue weighted by molar-refractivity contribution is 0.157. The molecule has 1 amide bonds. The third kappa shape index (κ3) is 2.78. The summed E-state index contributed by atoms with van der Waals surface area (Å²) in [5.41, 5.74) is 1.17. The number of hydrogen-bond acceptors (Lipinski definition) is 2. The molecule has 1 N–H and O–H groups in total. The minimum atomic E-state index is -0.370. The van der Waals surface area contributed by atoms with Crippen molar-refractivity contribution in [3.05, 3.63) is 23.8 Å². The third-order valence-electron chi connectivity index (χ3n) is 1.69. The Hall–Kier alpha value is -1.25. The summed E-state index contributed by atoms with van der Waals surface area (Å²) in [4.78, 5) is 10.7. The van der Waals surface area contributed by atoms with E-state index >= 15 is 0 Å². The van der Waals surface area contributed by atoms with Crippen LogP contribution in [-0.2, 0) is 4.74 Å². The lowest BCUT2D eigenvalue weighted by Crippen LogP contribution is -2.20. The fourth-order valence-electron chi connectivity index (χ4n) is 1.00. The first-order valence-corrected chi connectivity index (χ1v) is 4.02. The molecule has 1 aliphatic rings. The number of carbonyl (C=O) groups excluding carboxylic acids is 1. The summed E-state index contributed by atoms with van der Waals surface area (Å²) in [5.74, 6) is 0. The molecule has 0 aromatic rings. The molecule has 3 heteroatoms. The highest BCUT2D eigenvalue weighted by atomic mass is 16.5. The Morgan fingerprint density at radius 2 is 2.58 bits per heavy atom. The Labute approximate surface area is 72.1 Å². The molecular weight excluding hydrogens is 154 g/mol. The normalized spacial score (nSPS) is 15.2. The van der Waals surface area contributed by atoms with Crippen LogP contribution in [0, 0.1) is 0 Å². The number of rotatable bonds is 2. The average molecular weight is 167 g/mol. The number of alkyl carbamates (subject to hydrolysis) is 1. The highest BCUT2D eigenvalue weighted by Gasteiger charge is 2.02. The molecule has 0 radical (unpaired) electrons. The second kappa shape index (κ2) is 4.59. The summed E-state index contributed by atoms with van der Waals surface area (Å²) in [5, 5.41) is 2.40. The molecule has 0 bridgehead atoms. The quantitative estimate of drug-likeness (QED) is 0.678. The molecule has 0 saturated carbocycles. The molecule has 0 atom stereocenters. The van der Waals surface area contributed by atoms with Crippen LogP contribution in [0.4, 0.5) is 4.79 Å². The van der Waals surface area contributed by atoms with Gasteiger partial charge in [-0.1, -0.05) is 18.2 Å². The SMILES string of the molecule is CNC(=O)OCC1=CC=CCC1. The maximum absolute atomic E-state index is 10.7.